The first-order valence-electron chi connectivity index (χ1n) is 5.07. The van der Waals surface area contributed by atoms with E-state index in [1.807, 2.05) is 35.0 Å². The number of hydrogen-bond donors (Lipinski definition) is 1. The predicted octanol–water partition coefficient (Wildman–Crippen LogP) is 1.43. The van der Waals surface area contributed by atoms with E-state index in [9.17, 15) is 0 Å². The first-order chi connectivity index (χ1) is 7.83. The standard InChI is InChI=1S/C12H14N2O2/c1-16-11-4-2-10(3-5-11)8-14-7-6-13-12(14)9-15/h2-7,15H,8-9H2,1H3. The van der Waals surface area contributed by atoms with E-state index in [1.165, 1.54) is 0 Å². The maximum Gasteiger partial charge on any atom is 0.134 e. The first-order valence-corrected chi connectivity index (χ1v) is 5.07. The van der Waals surface area contributed by atoms with Crippen LogP contribution in [0.4, 0.5) is 0 Å². The fourth-order valence-electron chi connectivity index (χ4n) is 1.56. The summed E-state index contributed by atoms with van der Waals surface area (Å²) < 4.78 is 7.01. The van der Waals surface area contributed by atoms with Crippen LogP contribution in [0.1, 0.15) is 11.4 Å². The Morgan fingerprint density at radius 1 is 1.31 bits per heavy atom. The maximum absolute atomic E-state index is 9.06. The van der Waals surface area contributed by atoms with Crippen molar-refractivity contribution < 1.29 is 9.84 Å². The molecule has 0 saturated carbocycles. The second-order valence-corrected chi connectivity index (χ2v) is 3.48. The summed E-state index contributed by atoms with van der Waals surface area (Å²) in [5, 5.41) is 9.06. The van der Waals surface area contributed by atoms with Gasteiger partial charge >= 0.3 is 0 Å². The van der Waals surface area contributed by atoms with Crippen LogP contribution in [0.5, 0.6) is 5.75 Å². The lowest BCUT2D eigenvalue weighted by Crippen LogP contribution is -2.04. The lowest BCUT2D eigenvalue weighted by atomic mass is 10.2. The van der Waals surface area contributed by atoms with E-state index in [4.69, 9.17) is 9.84 Å². The van der Waals surface area contributed by atoms with E-state index < -0.39 is 0 Å². The maximum atomic E-state index is 9.06. The van der Waals surface area contributed by atoms with Crippen molar-refractivity contribution in [2.75, 3.05) is 7.11 Å². The zero-order chi connectivity index (χ0) is 11.4. The fraction of sp³-hybridized carbons (Fsp3) is 0.250. The van der Waals surface area contributed by atoms with Crippen LogP contribution in [0, 0.1) is 0 Å². The number of hydrogen-bond acceptors (Lipinski definition) is 3. The molecule has 0 aliphatic heterocycles. The molecule has 0 atom stereocenters. The van der Waals surface area contributed by atoms with E-state index in [0.717, 1.165) is 11.3 Å². The van der Waals surface area contributed by atoms with Crippen LogP contribution in [0.25, 0.3) is 0 Å². The lowest BCUT2D eigenvalue weighted by Gasteiger charge is -2.07. The van der Waals surface area contributed by atoms with Crippen molar-refractivity contribution in [3.63, 3.8) is 0 Å². The molecule has 4 heteroatoms. The van der Waals surface area contributed by atoms with Gasteiger partial charge < -0.3 is 14.4 Å². The van der Waals surface area contributed by atoms with Gasteiger partial charge in [0.2, 0.25) is 0 Å². The minimum Gasteiger partial charge on any atom is -0.497 e. The van der Waals surface area contributed by atoms with Gasteiger partial charge in [0.05, 0.1) is 7.11 Å². The number of nitrogens with zero attached hydrogens (tertiary/aromatic N) is 2. The molecule has 0 spiro atoms. The van der Waals surface area contributed by atoms with Crippen molar-refractivity contribution in [3.05, 3.63) is 48.0 Å². The monoisotopic (exact) mass is 218 g/mol. The van der Waals surface area contributed by atoms with Gasteiger partial charge in [-0.1, -0.05) is 12.1 Å². The molecule has 0 radical (unpaired) electrons. The van der Waals surface area contributed by atoms with Crippen LogP contribution in [0.3, 0.4) is 0 Å². The van der Waals surface area contributed by atoms with Gasteiger partial charge in [-0.25, -0.2) is 4.98 Å². The predicted molar refractivity (Wildman–Crippen MR) is 60.2 cm³/mol. The molecule has 16 heavy (non-hydrogen) atoms. The topological polar surface area (TPSA) is 47.3 Å². The molecule has 2 aromatic rings. The second-order valence-electron chi connectivity index (χ2n) is 3.48. The van der Waals surface area contributed by atoms with E-state index >= 15 is 0 Å². The number of aromatic nitrogens is 2. The highest BCUT2D eigenvalue weighted by Crippen LogP contribution is 2.12. The molecule has 84 valence electrons. The van der Waals surface area contributed by atoms with Crippen LogP contribution in [0.15, 0.2) is 36.7 Å². The molecule has 0 aliphatic rings. The molecule has 1 N–H and O–H groups in total. The average Bonchev–Trinajstić information content (AvgIpc) is 2.77. The van der Waals surface area contributed by atoms with Crippen molar-refractivity contribution in [3.8, 4) is 5.75 Å². The number of benzene rings is 1. The van der Waals surface area contributed by atoms with E-state index in [2.05, 4.69) is 4.98 Å². The Labute approximate surface area is 94.1 Å². The lowest BCUT2D eigenvalue weighted by molar-refractivity contribution is 0.266. The summed E-state index contributed by atoms with van der Waals surface area (Å²) in [7, 11) is 1.65. The summed E-state index contributed by atoms with van der Waals surface area (Å²) in [6.07, 6.45) is 3.55. The van der Waals surface area contributed by atoms with Crippen molar-refractivity contribution in [2.45, 2.75) is 13.2 Å². The summed E-state index contributed by atoms with van der Waals surface area (Å²) >= 11 is 0. The summed E-state index contributed by atoms with van der Waals surface area (Å²) in [6.45, 7) is 0.670. The number of ether oxygens (including phenoxy) is 1. The Kier molecular flexibility index (Phi) is 3.22. The molecule has 0 bridgehead atoms. The summed E-state index contributed by atoms with van der Waals surface area (Å²) in [5.74, 6) is 1.52. The zero-order valence-corrected chi connectivity index (χ0v) is 9.13. The van der Waals surface area contributed by atoms with E-state index in [-0.39, 0.29) is 6.61 Å². The molecule has 0 amide bonds. The van der Waals surface area contributed by atoms with Crippen LogP contribution in [-0.4, -0.2) is 21.8 Å². The Balaban J connectivity index is 2.14. The molecule has 4 nitrogen and oxygen atoms in total. The molecule has 0 aliphatic carbocycles. The van der Waals surface area contributed by atoms with Gasteiger partial charge in [0.1, 0.15) is 18.2 Å². The minimum absolute atomic E-state index is 0.0385. The van der Waals surface area contributed by atoms with Gasteiger partial charge in [-0.05, 0) is 17.7 Å². The average molecular weight is 218 g/mol. The molecular formula is C12H14N2O2. The molecule has 0 fully saturated rings. The van der Waals surface area contributed by atoms with Gasteiger partial charge in [-0.3, -0.25) is 0 Å². The summed E-state index contributed by atoms with van der Waals surface area (Å²) in [4.78, 5) is 4.05. The van der Waals surface area contributed by atoms with Crippen molar-refractivity contribution in [1.82, 2.24) is 9.55 Å². The third kappa shape index (κ3) is 2.23. The Bertz CT molecular complexity index is 448. The highest BCUT2D eigenvalue weighted by Gasteiger charge is 2.01. The largest absolute Gasteiger partial charge is 0.497 e. The molecule has 0 saturated heterocycles. The number of aliphatic hydroxyl groups is 1. The SMILES string of the molecule is COc1ccc(Cn2ccnc2CO)cc1. The fourth-order valence-corrected chi connectivity index (χ4v) is 1.56. The minimum atomic E-state index is -0.0385. The quantitative estimate of drug-likeness (QED) is 0.844. The summed E-state index contributed by atoms with van der Waals surface area (Å²) in [6, 6.07) is 7.84. The molecular weight excluding hydrogens is 204 g/mol. The van der Waals surface area contributed by atoms with E-state index in [0.29, 0.717) is 12.4 Å². The molecule has 1 heterocycles. The number of methoxy groups -OCH3 is 1. The van der Waals surface area contributed by atoms with Crippen LogP contribution in [-0.2, 0) is 13.2 Å². The molecule has 1 aromatic heterocycles. The number of aliphatic hydroxyl groups excluding tert-OH is 1. The first kappa shape index (κ1) is 10.7. The highest BCUT2D eigenvalue weighted by molar-refractivity contribution is 5.27. The van der Waals surface area contributed by atoms with Gasteiger partial charge in [0.15, 0.2) is 0 Å². The van der Waals surface area contributed by atoms with Crippen LogP contribution in [0.2, 0.25) is 0 Å². The van der Waals surface area contributed by atoms with Crippen molar-refractivity contribution in [1.29, 1.82) is 0 Å². The van der Waals surface area contributed by atoms with Gasteiger partial charge in [-0.15, -0.1) is 0 Å². The Hall–Kier alpha value is -1.81. The third-order valence-electron chi connectivity index (χ3n) is 2.46. The van der Waals surface area contributed by atoms with Gasteiger partial charge in [0.25, 0.3) is 0 Å². The van der Waals surface area contributed by atoms with Crippen molar-refractivity contribution >= 4 is 0 Å². The van der Waals surface area contributed by atoms with E-state index in [1.54, 1.807) is 13.3 Å². The molecule has 1 aromatic carbocycles. The number of rotatable bonds is 4. The van der Waals surface area contributed by atoms with Crippen LogP contribution < -0.4 is 4.74 Å². The smallest absolute Gasteiger partial charge is 0.134 e. The zero-order valence-electron chi connectivity index (χ0n) is 9.13. The Morgan fingerprint density at radius 2 is 2.06 bits per heavy atom. The van der Waals surface area contributed by atoms with Crippen LogP contribution >= 0.6 is 0 Å². The Morgan fingerprint density at radius 3 is 2.69 bits per heavy atom. The highest BCUT2D eigenvalue weighted by atomic mass is 16.5. The van der Waals surface area contributed by atoms with Crippen molar-refractivity contribution in [2.24, 2.45) is 0 Å². The number of imidazole rings is 1. The third-order valence-corrected chi connectivity index (χ3v) is 2.46. The molecule has 0 unspecified atom stereocenters. The second kappa shape index (κ2) is 4.81. The van der Waals surface area contributed by atoms with Gasteiger partial charge in [-0.2, -0.15) is 0 Å². The summed E-state index contributed by atoms with van der Waals surface area (Å²) in [5.41, 5.74) is 1.15. The molecule has 2 rings (SSSR count). The normalized spacial score (nSPS) is 10.4. The van der Waals surface area contributed by atoms with Gasteiger partial charge in [0, 0.05) is 18.9 Å².